The van der Waals surface area contributed by atoms with Gasteiger partial charge in [-0.15, -0.1) is 0 Å². The molecule has 1 aromatic heterocycles. The molecule has 2 N–H and O–H groups in total. The largest absolute Gasteiger partial charge is 0.433 e. The van der Waals surface area contributed by atoms with Crippen molar-refractivity contribution in [3.05, 3.63) is 59.3 Å². The van der Waals surface area contributed by atoms with Crippen LogP contribution in [0.3, 0.4) is 0 Å². The van der Waals surface area contributed by atoms with Gasteiger partial charge in [0, 0.05) is 6.42 Å². The van der Waals surface area contributed by atoms with Crippen LogP contribution in [-0.2, 0) is 17.4 Å². The minimum atomic E-state index is -4.57. The number of nitrogens with zero attached hydrogens (tertiary/aromatic N) is 2. The maximum Gasteiger partial charge on any atom is 0.433 e. The molecule has 0 aliphatic carbocycles. The summed E-state index contributed by atoms with van der Waals surface area (Å²) in [7, 11) is 0. The first kappa shape index (κ1) is 16.4. The Morgan fingerprint density at radius 3 is 2.50 bits per heavy atom. The molecule has 126 valence electrons. The van der Waals surface area contributed by atoms with Gasteiger partial charge in [0.25, 0.3) is 0 Å². The second-order valence-electron chi connectivity index (χ2n) is 5.78. The monoisotopic (exact) mass is 335 g/mol. The summed E-state index contributed by atoms with van der Waals surface area (Å²) in [6, 6.07) is 10.1. The van der Waals surface area contributed by atoms with Crippen molar-refractivity contribution in [1.29, 1.82) is 0 Å². The molecule has 0 bridgehead atoms. The van der Waals surface area contributed by atoms with Gasteiger partial charge in [-0.05, 0) is 24.1 Å². The number of benzene rings is 1. The number of anilines is 1. The first-order valence-corrected chi connectivity index (χ1v) is 7.49. The van der Waals surface area contributed by atoms with E-state index in [1.165, 1.54) is 11.0 Å². The fourth-order valence-electron chi connectivity index (χ4n) is 2.87. The van der Waals surface area contributed by atoms with E-state index in [1.807, 2.05) is 18.2 Å². The fourth-order valence-corrected chi connectivity index (χ4v) is 2.87. The molecule has 2 heterocycles. The number of alkyl halides is 3. The Hall–Kier alpha value is -2.41. The minimum absolute atomic E-state index is 0.0351. The van der Waals surface area contributed by atoms with Crippen molar-refractivity contribution in [2.24, 2.45) is 5.73 Å². The predicted molar refractivity (Wildman–Crippen MR) is 83.3 cm³/mol. The summed E-state index contributed by atoms with van der Waals surface area (Å²) in [4.78, 5) is 17.5. The van der Waals surface area contributed by atoms with E-state index < -0.39 is 29.9 Å². The molecule has 1 aliphatic heterocycles. The molecular formula is C17H16F3N3O. The summed E-state index contributed by atoms with van der Waals surface area (Å²) in [6.07, 6.45) is -4.39. The molecule has 7 heteroatoms. The van der Waals surface area contributed by atoms with E-state index in [2.05, 4.69) is 4.98 Å². The van der Waals surface area contributed by atoms with E-state index in [9.17, 15) is 18.0 Å². The zero-order valence-electron chi connectivity index (χ0n) is 12.9. The van der Waals surface area contributed by atoms with Crippen LogP contribution in [0.1, 0.15) is 29.8 Å². The fraction of sp³-hybridized carbons (Fsp3) is 0.294. The molecule has 2 aromatic rings. The number of hydrogen-bond acceptors (Lipinski definition) is 3. The third kappa shape index (κ3) is 2.87. The molecule has 2 atom stereocenters. The Kier molecular flexibility index (Phi) is 4.04. The lowest BCUT2D eigenvalue weighted by atomic mass is 9.97. The molecule has 1 aromatic carbocycles. The van der Waals surface area contributed by atoms with Crippen molar-refractivity contribution in [3.8, 4) is 0 Å². The molecule has 24 heavy (non-hydrogen) atoms. The zero-order valence-corrected chi connectivity index (χ0v) is 12.9. The lowest BCUT2D eigenvalue weighted by Gasteiger charge is -2.36. The summed E-state index contributed by atoms with van der Waals surface area (Å²) in [6.45, 7) is 1.75. The predicted octanol–water partition coefficient (Wildman–Crippen LogP) is 3.08. The number of carbonyl (C=O) groups excluding carboxylic acids is 1. The van der Waals surface area contributed by atoms with Gasteiger partial charge in [-0.2, -0.15) is 13.2 Å². The van der Waals surface area contributed by atoms with Gasteiger partial charge in [-0.25, -0.2) is 4.98 Å². The van der Waals surface area contributed by atoms with Gasteiger partial charge in [-0.3, -0.25) is 9.69 Å². The van der Waals surface area contributed by atoms with Gasteiger partial charge in [-0.1, -0.05) is 36.4 Å². The van der Waals surface area contributed by atoms with Crippen molar-refractivity contribution >= 4 is 11.7 Å². The topological polar surface area (TPSA) is 59.2 Å². The molecule has 0 radical (unpaired) electrons. The van der Waals surface area contributed by atoms with Crippen molar-refractivity contribution in [2.75, 3.05) is 4.90 Å². The first-order valence-electron chi connectivity index (χ1n) is 7.49. The molecule has 0 unspecified atom stereocenters. The third-order valence-electron chi connectivity index (χ3n) is 4.14. The number of fused-ring (bicyclic) bond motifs is 1. The van der Waals surface area contributed by atoms with Crippen LogP contribution in [0.25, 0.3) is 0 Å². The number of aromatic nitrogens is 1. The highest BCUT2D eigenvalue weighted by molar-refractivity contribution is 5.99. The maximum absolute atomic E-state index is 13.0. The van der Waals surface area contributed by atoms with Crippen LogP contribution < -0.4 is 10.6 Å². The van der Waals surface area contributed by atoms with Gasteiger partial charge in [0.1, 0.15) is 11.5 Å². The lowest BCUT2D eigenvalue weighted by molar-refractivity contribution is -0.141. The van der Waals surface area contributed by atoms with Crippen LogP contribution in [0, 0.1) is 0 Å². The number of hydrogen-bond donors (Lipinski definition) is 1. The average Bonchev–Trinajstić information content (AvgIpc) is 2.55. The summed E-state index contributed by atoms with van der Waals surface area (Å²) in [5.74, 6) is -0.390. The van der Waals surface area contributed by atoms with Crippen molar-refractivity contribution in [3.63, 3.8) is 0 Å². The molecule has 1 amide bonds. The lowest BCUT2D eigenvalue weighted by Crippen LogP contribution is -2.50. The normalized spacial score (nSPS) is 19.1. The SMILES string of the molecule is C[C@@H](c1ccccc1)N1C(=O)[C@H](N)Cc2ccc(C(F)(F)F)nc21. The molecular weight excluding hydrogens is 319 g/mol. The minimum Gasteiger partial charge on any atom is -0.320 e. The highest BCUT2D eigenvalue weighted by Gasteiger charge is 2.39. The summed E-state index contributed by atoms with van der Waals surface area (Å²) < 4.78 is 39.0. The van der Waals surface area contributed by atoms with Crippen LogP contribution in [-0.4, -0.2) is 16.9 Å². The van der Waals surface area contributed by atoms with E-state index in [1.54, 1.807) is 19.1 Å². The number of halogens is 3. The van der Waals surface area contributed by atoms with Gasteiger partial charge < -0.3 is 5.73 Å². The van der Waals surface area contributed by atoms with E-state index >= 15 is 0 Å². The van der Waals surface area contributed by atoms with Gasteiger partial charge in [0.2, 0.25) is 5.91 Å². The summed E-state index contributed by atoms with van der Waals surface area (Å²) in [5, 5.41) is 0. The Bertz CT molecular complexity index is 761. The molecule has 0 saturated carbocycles. The quantitative estimate of drug-likeness (QED) is 0.917. The van der Waals surface area contributed by atoms with Crippen LogP contribution >= 0.6 is 0 Å². The summed E-state index contributed by atoms with van der Waals surface area (Å²) in [5.41, 5.74) is 6.20. The maximum atomic E-state index is 13.0. The van der Waals surface area contributed by atoms with Crippen molar-refractivity contribution in [1.82, 2.24) is 4.98 Å². The van der Waals surface area contributed by atoms with E-state index in [0.29, 0.717) is 5.56 Å². The van der Waals surface area contributed by atoms with Crippen LogP contribution in [0.2, 0.25) is 0 Å². The second kappa shape index (κ2) is 5.90. The Labute approximate surface area is 137 Å². The van der Waals surface area contributed by atoms with Crippen molar-refractivity contribution in [2.45, 2.75) is 31.6 Å². The zero-order chi connectivity index (χ0) is 17.5. The number of nitrogens with two attached hydrogens (primary N) is 1. The molecule has 3 rings (SSSR count). The second-order valence-corrected chi connectivity index (χ2v) is 5.78. The Morgan fingerprint density at radius 1 is 1.21 bits per heavy atom. The molecule has 0 saturated heterocycles. The first-order chi connectivity index (χ1) is 11.3. The van der Waals surface area contributed by atoms with E-state index in [-0.39, 0.29) is 12.2 Å². The van der Waals surface area contributed by atoms with Gasteiger partial charge in [0.05, 0.1) is 12.1 Å². The highest BCUT2D eigenvalue weighted by Crippen LogP contribution is 2.36. The molecule has 4 nitrogen and oxygen atoms in total. The van der Waals surface area contributed by atoms with Crippen LogP contribution in [0.15, 0.2) is 42.5 Å². The smallest absolute Gasteiger partial charge is 0.320 e. The Balaban J connectivity index is 2.11. The number of amides is 1. The standard InChI is InChI=1S/C17H16F3N3O/c1-10(11-5-3-2-4-6-11)23-15-12(9-13(21)16(23)24)7-8-14(22-15)17(18,19)20/h2-8,10,13H,9,21H2,1H3/t10-,13+/m0/s1. The third-order valence-corrected chi connectivity index (χ3v) is 4.14. The average molecular weight is 335 g/mol. The number of rotatable bonds is 2. The van der Waals surface area contributed by atoms with Crippen molar-refractivity contribution < 1.29 is 18.0 Å². The Morgan fingerprint density at radius 2 is 1.88 bits per heavy atom. The van der Waals surface area contributed by atoms with E-state index in [4.69, 9.17) is 5.73 Å². The van der Waals surface area contributed by atoms with Crippen LogP contribution in [0.5, 0.6) is 0 Å². The van der Waals surface area contributed by atoms with Crippen LogP contribution in [0.4, 0.5) is 19.0 Å². The highest BCUT2D eigenvalue weighted by atomic mass is 19.4. The number of pyridine rings is 1. The molecule has 0 spiro atoms. The summed E-state index contributed by atoms with van der Waals surface area (Å²) >= 11 is 0. The van der Waals surface area contributed by atoms with Gasteiger partial charge >= 0.3 is 6.18 Å². The molecule has 0 fully saturated rings. The molecule has 1 aliphatic rings. The van der Waals surface area contributed by atoms with E-state index in [0.717, 1.165) is 11.6 Å². The number of carbonyl (C=O) groups is 1. The van der Waals surface area contributed by atoms with Gasteiger partial charge in [0.15, 0.2) is 0 Å².